The van der Waals surface area contributed by atoms with Crippen molar-refractivity contribution in [2.45, 2.75) is 19.8 Å². The molecule has 0 aliphatic rings. The Bertz CT molecular complexity index is 119. The Labute approximate surface area is 78.8 Å². The molecule has 0 radical (unpaired) electrons. The van der Waals surface area contributed by atoms with Gasteiger partial charge in [0.1, 0.15) is 6.61 Å². The van der Waals surface area contributed by atoms with Crippen LogP contribution in [-0.4, -0.2) is 36.0 Å². The molecule has 0 fully saturated rings. The van der Waals surface area contributed by atoms with E-state index in [2.05, 4.69) is 11.3 Å². The Hall–Kier alpha value is -0.870. The number of hydrogen-bond acceptors (Lipinski definition) is 4. The number of ether oxygens (including phenoxy) is 1. The Balaban J connectivity index is 0. The first-order valence-corrected chi connectivity index (χ1v) is 4.15. The van der Waals surface area contributed by atoms with Gasteiger partial charge in [0.25, 0.3) is 0 Å². The predicted molar refractivity (Wildman–Crippen MR) is 50.2 cm³/mol. The highest BCUT2D eigenvalue weighted by atomic mass is 16.5. The smallest absolute Gasteiger partial charge is 0.302 e. The lowest BCUT2D eigenvalue weighted by Gasteiger charge is -1.90. The van der Waals surface area contributed by atoms with Crippen LogP contribution in [0.1, 0.15) is 19.8 Å². The van der Waals surface area contributed by atoms with Crippen molar-refractivity contribution in [1.29, 1.82) is 0 Å². The Kier molecular flexibility index (Phi) is 15.4. The maximum atomic E-state index is 9.93. The van der Waals surface area contributed by atoms with Crippen LogP contribution >= 0.6 is 0 Å². The number of carbonyl (C=O) groups is 1. The summed E-state index contributed by atoms with van der Waals surface area (Å²) in [7, 11) is 0. The standard InChI is InChI=1S/C5H8O2.C4H10O2/c1-3-4-7-5(2)6;5-3-1-2-4-6/h3H,1,4H2,2H3;5-6H,1-4H2. The van der Waals surface area contributed by atoms with Crippen LogP contribution in [0.4, 0.5) is 0 Å². The van der Waals surface area contributed by atoms with E-state index in [4.69, 9.17) is 10.2 Å². The SMILES string of the molecule is C=CCOC(C)=O.OCCCCO. The molecule has 0 aromatic rings. The molecule has 4 nitrogen and oxygen atoms in total. The fourth-order valence-corrected chi connectivity index (χ4v) is 0.400. The van der Waals surface area contributed by atoms with Gasteiger partial charge in [-0.05, 0) is 12.8 Å². The molecule has 0 aliphatic heterocycles. The molecule has 78 valence electrons. The first-order valence-electron chi connectivity index (χ1n) is 4.15. The van der Waals surface area contributed by atoms with Crippen LogP contribution in [0.2, 0.25) is 0 Å². The Morgan fingerprint density at radius 2 is 1.85 bits per heavy atom. The fourth-order valence-electron chi connectivity index (χ4n) is 0.400. The molecule has 0 unspecified atom stereocenters. The van der Waals surface area contributed by atoms with Gasteiger partial charge in [-0.25, -0.2) is 0 Å². The van der Waals surface area contributed by atoms with Gasteiger partial charge in [0.15, 0.2) is 0 Å². The molecule has 0 aliphatic carbocycles. The summed E-state index contributed by atoms with van der Waals surface area (Å²) in [6, 6.07) is 0. The van der Waals surface area contributed by atoms with E-state index in [0.717, 1.165) is 12.8 Å². The molecular formula is C9H18O4. The third-order valence-electron chi connectivity index (χ3n) is 0.971. The van der Waals surface area contributed by atoms with Crippen LogP contribution in [0.25, 0.3) is 0 Å². The van der Waals surface area contributed by atoms with Gasteiger partial charge in [-0.1, -0.05) is 12.7 Å². The number of aliphatic hydroxyl groups is 2. The number of esters is 1. The third kappa shape index (κ3) is 24.7. The summed E-state index contributed by atoms with van der Waals surface area (Å²) in [5.74, 6) is -0.264. The summed E-state index contributed by atoms with van der Waals surface area (Å²) in [6.45, 7) is 5.42. The normalized spacial score (nSPS) is 8.23. The summed E-state index contributed by atoms with van der Waals surface area (Å²) >= 11 is 0. The van der Waals surface area contributed by atoms with E-state index >= 15 is 0 Å². The van der Waals surface area contributed by atoms with Crippen LogP contribution in [0, 0.1) is 0 Å². The van der Waals surface area contributed by atoms with E-state index < -0.39 is 0 Å². The van der Waals surface area contributed by atoms with Gasteiger partial charge in [0, 0.05) is 20.1 Å². The molecule has 0 bridgehead atoms. The van der Waals surface area contributed by atoms with Crippen molar-refractivity contribution in [3.63, 3.8) is 0 Å². The largest absolute Gasteiger partial charge is 0.462 e. The lowest BCUT2D eigenvalue weighted by molar-refractivity contribution is -0.139. The summed E-state index contributed by atoms with van der Waals surface area (Å²) in [5.41, 5.74) is 0. The number of rotatable bonds is 5. The minimum absolute atomic E-state index is 0.195. The minimum atomic E-state index is -0.264. The van der Waals surface area contributed by atoms with Crippen molar-refractivity contribution in [2.24, 2.45) is 0 Å². The predicted octanol–water partition coefficient (Wildman–Crippen LogP) is 0.487. The first kappa shape index (κ1) is 14.6. The fraction of sp³-hybridized carbons (Fsp3) is 0.667. The molecular weight excluding hydrogens is 172 g/mol. The number of hydrogen-bond donors (Lipinski definition) is 2. The monoisotopic (exact) mass is 190 g/mol. The third-order valence-corrected chi connectivity index (χ3v) is 0.971. The van der Waals surface area contributed by atoms with Crippen molar-refractivity contribution in [3.8, 4) is 0 Å². The van der Waals surface area contributed by atoms with Crippen molar-refractivity contribution < 1.29 is 19.7 Å². The average molecular weight is 190 g/mol. The van der Waals surface area contributed by atoms with Crippen LogP contribution in [0.15, 0.2) is 12.7 Å². The van der Waals surface area contributed by atoms with Gasteiger partial charge < -0.3 is 14.9 Å². The molecule has 0 heterocycles. The van der Waals surface area contributed by atoms with Gasteiger partial charge in [-0.3, -0.25) is 4.79 Å². The minimum Gasteiger partial charge on any atom is -0.462 e. The highest BCUT2D eigenvalue weighted by Gasteiger charge is 1.83. The number of unbranched alkanes of at least 4 members (excludes halogenated alkanes) is 1. The molecule has 0 amide bonds. The lowest BCUT2D eigenvalue weighted by Crippen LogP contribution is -1.96. The van der Waals surface area contributed by atoms with Crippen LogP contribution in [0.3, 0.4) is 0 Å². The van der Waals surface area contributed by atoms with Crippen LogP contribution < -0.4 is 0 Å². The molecule has 0 spiro atoms. The Morgan fingerprint density at radius 3 is 2.00 bits per heavy atom. The molecule has 0 rings (SSSR count). The molecule has 0 aromatic heterocycles. The van der Waals surface area contributed by atoms with Crippen LogP contribution in [-0.2, 0) is 9.53 Å². The zero-order chi connectivity index (χ0) is 10.5. The molecule has 2 N–H and O–H groups in total. The Morgan fingerprint density at radius 1 is 1.38 bits per heavy atom. The number of aliphatic hydroxyl groups excluding tert-OH is 2. The zero-order valence-electron chi connectivity index (χ0n) is 8.03. The second kappa shape index (κ2) is 13.7. The first-order chi connectivity index (χ1) is 6.18. The summed E-state index contributed by atoms with van der Waals surface area (Å²) in [4.78, 5) is 9.93. The van der Waals surface area contributed by atoms with Crippen molar-refractivity contribution in [2.75, 3.05) is 19.8 Å². The summed E-state index contributed by atoms with van der Waals surface area (Å²) in [6.07, 6.45) is 2.97. The maximum absolute atomic E-state index is 9.93. The van der Waals surface area contributed by atoms with Gasteiger partial charge in [-0.2, -0.15) is 0 Å². The van der Waals surface area contributed by atoms with E-state index in [-0.39, 0.29) is 19.2 Å². The van der Waals surface area contributed by atoms with Gasteiger partial charge in [0.05, 0.1) is 0 Å². The zero-order valence-corrected chi connectivity index (χ0v) is 8.03. The molecule has 4 heteroatoms. The van der Waals surface area contributed by atoms with Crippen molar-refractivity contribution in [3.05, 3.63) is 12.7 Å². The highest BCUT2D eigenvalue weighted by Crippen LogP contribution is 1.80. The number of carbonyl (C=O) groups excluding carboxylic acids is 1. The molecule has 0 saturated heterocycles. The summed E-state index contributed by atoms with van der Waals surface area (Å²) in [5, 5.41) is 16.2. The van der Waals surface area contributed by atoms with E-state index in [1.54, 1.807) is 0 Å². The quantitative estimate of drug-likeness (QED) is 0.376. The van der Waals surface area contributed by atoms with E-state index in [0.29, 0.717) is 6.61 Å². The van der Waals surface area contributed by atoms with Gasteiger partial charge in [0.2, 0.25) is 0 Å². The maximum Gasteiger partial charge on any atom is 0.302 e. The average Bonchev–Trinajstić information content (AvgIpc) is 2.12. The molecule has 13 heavy (non-hydrogen) atoms. The topological polar surface area (TPSA) is 66.8 Å². The van der Waals surface area contributed by atoms with Crippen molar-refractivity contribution in [1.82, 2.24) is 0 Å². The van der Waals surface area contributed by atoms with E-state index in [1.807, 2.05) is 0 Å². The highest BCUT2D eigenvalue weighted by molar-refractivity contribution is 5.65. The van der Waals surface area contributed by atoms with Gasteiger partial charge >= 0.3 is 5.97 Å². The molecule has 0 saturated carbocycles. The summed E-state index contributed by atoms with van der Waals surface area (Å²) < 4.78 is 4.43. The lowest BCUT2D eigenvalue weighted by atomic mass is 10.3. The second-order valence-corrected chi connectivity index (χ2v) is 2.25. The van der Waals surface area contributed by atoms with Crippen LogP contribution in [0.5, 0.6) is 0 Å². The second-order valence-electron chi connectivity index (χ2n) is 2.25. The van der Waals surface area contributed by atoms with E-state index in [1.165, 1.54) is 13.0 Å². The molecule has 0 atom stereocenters. The van der Waals surface area contributed by atoms with E-state index in [9.17, 15) is 4.79 Å². The van der Waals surface area contributed by atoms with Gasteiger partial charge in [-0.15, -0.1) is 0 Å². The molecule has 0 aromatic carbocycles. The van der Waals surface area contributed by atoms with Crippen molar-refractivity contribution >= 4 is 5.97 Å².